The Labute approximate surface area is 116 Å². The molecule has 5 heteroatoms. The van der Waals surface area contributed by atoms with E-state index in [1.165, 1.54) is 6.07 Å². The Morgan fingerprint density at radius 3 is 2.95 bits per heavy atom. The zero-order chi connectivity index (χ0) is 13.7. The third kappa shape index (κ3) is 3.58. The number of halogens is 2. The van der Waals surface area contributed by atoms with E-state index in [0.29, 0.717) is 19.0 Å². The third-order valence-electron chi connectivity index (χ3n) is 2.52. The summed E-state index contributed by atoms with van der Waals surface area (Å²) in [4.78, 5) is 4.13. The van der Waals surface area contributed by atoms with Crippen LogP contribution in [-0.4, -0.2) is 11.6 Å². The summed E-state index contributed by atoms with van der Waals surface area (Å²) in [6.07, 6.45) is 1.66. The highest BCUT2D eigenvalue weighted by Crippen LogP contribution is 2.22. The molecular weight excluding hydrogens is 267 g/mol. The SMILES string of the molecule is CCOc1ncccc1NCc1ccc(Cl)c(F)c1. The molecule has 1 heterocycles. The minimum atomic E-state index is -0.419. The molecule has 0 saturated carbocycles. The lowest BCUT2D eigenvalue weighted by Gasteiger charge is -2.11. The van der Waals surface area contributed by atoms with E-state index in [4.69, 9.17) is 16.3 Å². The molecule has 0 atom stereocenters. The monoisotopic (exact) mass is 280 g/mol. The molecule has 19 heavy (non-hydrogen) atoms. The fourth-order valence-electron chi connectivity index (χ4n) is 1.62. The third-order valence-corrected chi connectivity index (χ3v) is 2.83. The fraction of sp³-hybridized carbons (Fsp3) is 0.214. The highest BCUT2D eigenvalue weighted by molar-refractivity contribution is 6.30. The van der Waals surface area contributed by atoms with Gasteiger partial charge in [0.1, 0.15) is 5.82 Å². The minimum absolute atomic E-state index is 0.125. The lowest BCUT2D eigenvalue weighted by Crippen LogP contribution is -2.04. The number of nitrogens with one attached hydrogen (secondary N) is 1. The van der Waals surface area contributed by atoms with Crippen molar-refractivity contribution >= 4 is 17.3 Å². The Balaban J connectivity index is 2.07. The molecule has 0 radical (unpaired) electrons. The van der Waals surface area contributed by atoms with Gasteiger partial charge in [-0.2, -0.15) is 0 Å². The first-order chi connectivity index (χ1) is 9.20. The number of hydrogen-bond acceptors (Lipinski definition) is 3. The van der Waals surface area contributed by atoms with Crippen LogP contribution in [0, 0.1) is 5.82 Å². The second-order valence-electron chi connectivity index (χ2n) is 3.89. The summed E-state index contributed by atoms with van der Waals surface area (Å²) in [5, 5.41) is 3.29. The van der Waals surface area contributed by atoms with Gasteiger partial charge in [-0.05, 0) is 36.8 Å². The van der Waals surface area contributed by atoms with E-state index in [1.807, 2.05) is 19.1 Å². The number of ether oxygens (including phenoxy) is 1. The number of hydrogen-bond donors (Lipinski definition) is 1. The topological polar surface area (TPSA) is 34.1 Å². The van der Waals surface area contributed by atoms with Gasteiger partial charge in [-0.1, -0.05) is 17.7 Å². The molecule has 2 rings (SSSR count). The molecule has 0 bridgehead atoms. The highest BCUT2D eigenvalue weighted by Gasteiger charge is 2.05. The molecular formula is C14H14ClFN2O. The van der Waals surface area contributed by atoms with Crippen molar-refractivity contribution in [2.75, 3.05) is 11.9 Å². The van der Waals surface area contributed by atoms with Gasteiger partial charge in [0.25, 0.3) is 0 Å². The zero-order valence-corrected chi connectivity index (χ0v) is 11.2. The summed E-state index contributed by atoms with van der Waals surface area (Å²) < 4.78 is 18.7. The average Bonchev–Trinajstić information content (AvgIpc) is 2.42. The molecule has 0 saturated heterocycles. The second-order valence-corrected chi connectivity index (χ2v) is 4.30. The summed E-state index contributed by atoms with van der Waals surface area (Å²) >= 11 is 5.64. The van der Waals surface area contributed by atoms with Crippen LogP contribution in [-0.2, 0) is 6.54 Å². The largest absolute Gasteiger partial charge is 0.476 e. The Hall–Kier alpha value is -1.81. The Bertz CT molecular complexity index is 563. The van der Waals surface area contributed by atoms with Crippen LogP contribution in [0.15, 0.2) is 36.5 Å². The molecule has 0 spiro atoms. The second kappa shape index (κ2) is 6.38. The van der Waals surface area contributed by atoms with Crippen LogP contribution in [0.25, 0.3) is 0 Å². The lowest BCUT2D eigenvalue weighted by atomic mass is 10.2. The van der Waals surface area contributed by atoms with Crippen LogP contribution in [0.3, 0.4) is 0 Å². The van der Waals surface area contributed by atoms with E-state index in [-0.39, 0.29) is 5.02 Å². The number of nitrogens with zero attached hydrogens (tertiary/aromatic N) is 1. The quantitative estimate of drug-likeness (QED) is 0.902. The summed E-state index contributed by atoms with van der Waals surface area (Å²) in [6, 6.07) is 8.40. The first-order valence-corrected chi connectivity index (χ1v) is 6.34. The van der Waals surface area contributed by atoms with Crippen molar-refractivity contribution in [2.24, 2.45) is 0 Å². The van der Waals surface area contributed by atoms with Crippen molar-refractivity contribution in [3.8, 4) is 5.88 Å². The van der Waals surface area contributed by atoms with Crippen molar-refractivity contribution < 1.29 is 9.13 Å². The maximum absolute atomic E-state index is 13.3. The first kappa shape index (κ1) is 13.6. The lowest BCUT2D eigenvalue weighted by molar-refractivity contribution is 0.328. The maximum Gasteiger partial charge on any atom is 0.237 e. The Morgan fingerprint density at radius 2 is 2.21 bits per heavy atom. The molecule has 1 N–H and O–H groups in total. The first-order valence-electron chi connectivity index (χ1n) is 5.96. The van der Waals surface area contributed by atoms with Crippen LogP contribution in [0.5, 0.6) is 5.88 Å². The van der Waals surface area contributed by atoms with Gasteiger partial charge in [0, 0.05) is 12.7 Å². The number of anilines is 1. The zero-order valence-electron chi connectivity index (χ0n) is 10.5. The van der Waals surface area contributed by atoms with Crippen LogP contribution in [0.2, 0.25) is 5.02 Å². The van der Waals surface area contributed by atoms with E-state index in [9.17, 15) is 4.39 Å². The van der Waals surface area contributed by atoms with Crippen molar-refractivity contribution in [1.82, 2.24) is 4.98 Å². The van der Waals surface area contributed by atoms with Gasteiger partial charge in [-0.3, -0.25) is 0 Å². The van der Waals surface area contributed by atoms with E-state index in [2.05, 4.69) is 10.3 Å². The molecule has 3 nitrogen and oxygen atoms in total. The van der Waals surface area contributed by atoms with Crippen LogP contribution < -0.4 is 10.1 Å². The molecule has 0 fully saturated rings. The Kier molecular flexibility index (Phi) is 4.58. The van der Waals surface area contributed by atoms with E-state index in [0.717, 1.165) is 11.3 Å². The number of aromatic nitrogens is 1. The highest BCUT2D eigenvalue weighted by atomic mass is 35.5. The van der Waals surface area contributed by atoms with Gasteiger partial charge in [0.15, 0.2) is 0 Å². The predicted molar refractivity (Wildman–Crippen MR) is 74.1 cm³/mol. The number of rotatable bonds is 5. The predicted octanol–water partition coefficient (Wildman–Crippen LogP) is 3.88. The van der Waals surface area contributed by atoms with E-state index in [1.54, 1.807) is 18.3 Å². The molecule has 0 amide bonds. The van der Waals surface area contributed by atoms with Crippen LogP contribution in [0.1, 0.15) is 12.5 Å². The standard InChI is InChI=1S/C14H14ClFN2O/c1-2-19-14-13(4-3-7-17-14)18-9-10-5-6-11(15)12(16)8-10/h3-8,18H,2,9H2,1H3. The maximum atomic E-state index is 13.3. The molecule has 2 aromatic rings. The Morgan fingerprint density at radius 1 is 1.37 bits per heavy atom. The normalized spacial score (nSPS) is 10.3. The van der Waals surface area contributed by atoms with Crippen LogP contribution in [0.4, 0.5) is 10.1 Å². The van der Waals surface area contributed by atoms with E-state index >= 15 is 0 Å². The molecule has 1 aromatic carbocycles. The summed E-state index contributed by atoms with van der Waals surface area (Å²) in [5.74, 6) is 0.122. The number of benzene rings is 1. The molecule has 0 aliphatic rings. The molecule has 100 valence electrons. The average molecular weight is 281 g/mol. The van der Waals surface area contributed by atoms with Crippen LogP contribution >= 0.6 is 11.6 Å². The fourth-order valence-corrected chi connectivity index (χ4v) is 1.74. The van der Waals surface area contributed by atoms with Crippen molar-refractivity contribution in [3.05, 3.63) is 52.9 Å². The molecule has 1 aromatic heterocycles. The van der Waals surface area contributed by atoms with Gasteiger partial charge < -0.3 is 10.1 Å². The summed E-state index contributed by atoms with van der Waals surface area (Å²) in [7, 11) is 0. The minimum Gasteiger partial charge on any atom is -0.476 e. The van der Waals surface area contributed by atoms with Gasteiger partial charge in [-0.25, -0.2) is 9.37 Å². The van der Waals surface area contributed by atoms with Gasteiger partial charge in [-0.15, -0.1) is 0 Å². The van der Waals surface area contributed by atoms with Crippen molar-refractivity contribution in [3.63, 3.8) is 0 Å². The van der Waals surface area contributed by atoms with Gasteiger partial charge in [0.2, 0.25) is 5.88 Å². The van der Waals surface area contributed by atoms with E-state index < -0.39 is 5.82 Å². The molecule has 0 aliphatic heterocycles. The number of pyridine rings is 1. The summed E-state index contributed by atoms with van der Waals surface area (Å²) in [5.41, 5.74) is 1.58. The molecule has 0 unspecified atom stereocenters. The van der Waals surface area contributed by atoms with Gasteiger partial charge >= 0.3 is 0 Å². The smallest absolute Gasteiger partial charge is 0.237 e. The van der Waals surface area contributed by atoms with Crippen molar-refractivity contribution in [2.45, 2.75) is 13.5 Å². The molecule has 0 aliphatic carbocycles. The van der Waals surface area contributed by atoms with Gasteiger partial charge in [0.05, 0.1) is 17.3 Å². The summed E-state index contributed by atoms with van der Waals surface area (Å²) in [6.45, 7) is 2.91. The van der Waals surface area contributed by atoms with Crippen molar-refractivity contribution in [1.29, 1.82) is 0 Å².